The lowest BCUT2D eigenvalue weighted by atomic mass is 9.86. The minimum Gasteiger partial charge on any atom is -0.296 e. The monoisotopic (exact) mass is 301 g/mol. The molecule has 0 bridgehead atoms. The summed E-state index contributed by atoms with van der Waals surface area (Å²) in [6.45, 7) is 5.07. The molecule has 0 saturated heterocycles. The molecule has 1 atom stereocenters. The zero-order valence-electron chi connectivity index (χ0n) is 12.4. The second-order valence-electron chi connectivity index (χ2n) is 6.33. The van der Waals surface area contributed by atoms with Crippen LogP contribution in [0.5, 0.6) is 0 Å². The van der Waals surface area contributed by atoms with Crippen molar-refractivity contribution in [3.8, 4) is 0 Å². The van der Waals surface area contributed by atoms with Gasteiger partial charge in [-0.2, -0.15) is 5.48 Å². The number of rotatable bonds is 4. The molecule has 21 heavy (non-hydrogen) atoms. The van der Waals surface area contributed by atoms with Crippen LogP contribution in [0.25, 0.3) is 0 Å². The normalized spacial score (nSPS) is 19.5. The van der Waals surface area contributed by atoms with Crippen LogP contribution in [0.4, 0.5) is 0 Å². The Morgan fingerprint density at radius 1 is 1.19 bits per heavy atom. The van der Waals surface area contributed by atoms with Crippen LogP contribution in [-0.4, -0.2) is 0 Å². The molecule has 0 radical (unpaired) electrons. The molecule has 2 aromatic rings. The predicted molar refractivity (Wildman–Crippen MR) is 86.0 cm³/mol. The Hall–Kier alpha value is -1.35. The molecule has 0 heterocycles. The molecule has 0 fully saturated rings. The van der Waals surface area contributed by atoms with E-state index in [0.29, 0.717) is 6.61 Å². The lowest BCUT2D eigenvalue weighted by molar-refractivity contribution is -0.0223. The Morgan fingerprint density at radius 2 is 1.95 bits per heavy atom. The molecule has 1 aliphatic carbocycles. The van der Waals surface area contributed by atoms with Gasteiger partial charge in [-0.05, 0) is 40.7 Å². The van der Waals surface area contributed by atoms with Gasteiger partial charge >= 0.3 is 0 Å². The van der Waals surface area contributed by atoms with Crippen LogP contribution < -0.4 is 5.48 Å². The Kier molecular flexibility index (Phi) is 4.03. The van der Waals surface area contributed by atoms with E-state index in [4.69, 9.17) is 16.4 Å². The van der Waals surface area contributed by atoms with Crippen molar-refractivity contribution in [2.45, 2.75) is 32.9 Å². The van der Waals surface area contributed by atoms with E-state index >= 15 is 0 Å². The fourth-order valence-electron chi connectivity index (χ4n) is 3.01. The van der Waals surface area contributed by atoms with Crippen LogP contribution in [0.15, 0.2) is 48.5 Å². The van der Waals surface area contributed by atoms with Crippen molar-refractivity contribution in [1.82, 2.24) is 5.48 Å². The zero-order chi connectivity index (χ0) is 14.9. The van der Waals surface area contributed by atoms with Gasteiger partial charge in [-0.1, -0.05) is 61.8 Å². The van der Waals surface area contributed by atoms with Crippen molar-refractivity contribution >= 4 is 11.6 Å². The zero-order valence-corrected chi connectivity index (χ0v) is 13.2. The maximum atomic E-state index is 6.14. The number of hydrogen-bond donors (Lipinski definition) is 1. The molecule has 1 N–H and O–H groups in total. The van der Waals surface area contributed by atoms with Gasteiger partial charge in [0.05, 0.1) is 12.6 Å². The summed E-state index contributed by atoms with van der Waals surface area (Å²) in [5.41, 5.74) is 7.12. The second-order valence-corrected chi connectivity index (χ2v) is 6.77. The van der Waals surface area contributed by atoms with Crippen LogP contribution >= 0.6 is 11.6 Å². The standard InChI is InChI=1S/C18H20ClNO/c1-18(2)11-14-8-9-15(19)10-16(14)17(18)20-21-12-13-6-4-3-5-7-13/h3-10,17,20H,11-12H2,1-2H3. The van der Waals surface area contributed by atoms with Gasteiger partial charge in [0.25, 0.3) is 0 Å². The molecule has 3 rings (SSSR count). The van der Waals surface area contributed by atoms with E-state index in [0.717, 1.165) is 17.0 Å². The number of fused-ring (bicyclic) bond motifs is 1. The SMILES string of the molecule is CC1(C)Cc2ccc(Cl)cc2C1NOCc1ccccc1. The van der Waals surface area contributed by atoms with Crippen molar-refractivity contribution in [3.05, 3.63) is 70.2 Å². The highest BCUT2D eigenvalue weighted by atomic mass is 35.5. The van der Waals surface area contributed by atoms with E-state index in [9.17, 15) is 0 Å². The van der Waals surface area contributed by atoms with E-state index < -0.39 is 0 Å². The predicted octanol–water partition coefficient (Wildman–Crippen LogP) is 4.68. The summed E-state index contributed by atoms with van der Waals surface area (Å²) in [6.07, 6.45) is 1.03. The summed E-state index contributed by atoms with van der Waals surface area (Å²) in [6, 6.07) is 16.5. The molecule has 0 amide bonds. The van der Waals surface area contributed by atoms with Gasteiger partial charge < -0.3 is 0 Å². The average Bonchev–Trinajstić information content (AvgIpc) is 2.71. The van der Waals surface area contributed by atoms with Crippen LogP contribution in [-0.2, 0) is 17.9 Å². The second kappa shape index (κ2) is 5.80. The fraction of sp³-hybridized carbons (Fsp3) is 0.333. The van der Waals surface area contributed by atoms with Crippen molar-refractivity contribution in [2.75, 3.05) is 0 Å². The largest absolute Gasteiger partial charge is 0.296 e. The number of benzene rings is 2. The van der Waals surface area contributed by atoms with Crippen LogP contribution in [0, 0.1) is 5.41 Å². The van der Waals surface area contributed by atoms with Crippen LogP contribution in [0.1, 0.15) is 36.6 Å². The van der Waals surface area contributed by atoms with Gasteiger partial charge in [-0.25, -0.2) is 0 Å². The first-order valence-electron chi connectivity index (χ1n) is 7.26. The Morgan fingerprint density at radius 3 is 2.71 bits per heavy atom. The number of hydrogen-bond acceptors (Lipinski definition) is 2. The first-order valence-corrected chi connectivity index (χ1v) is 7.64. The minimum absolute atomic E-state index is 0.115. The van der Waals surface area contributed by atoms with E-state index in [1.807, 2.05) is 24.3 Å². The first-order chi connectivity index (χ1) is 10.1. The average molecular weight is 302 g/mol. The number of hydroxylamine groups is 1. The Labute approximate surface area is 131 Å². The van der Waals surface area contributed by atoms with Crippen LogP contribution in [0.3, 0.4) is 0 Å². The highest BCUT2D eigenvalue weighted by Gasteiger charge is 2.39. The molecule has 0 saturated carbocycles. The smallest absolute Gasteiger partial charge is 0.0933 e. The quantitative estimate of drug-likeness (QED) is 0.828. The third-order valence-corrected chi connectivity index (χ3v) is 4.36. The van der Waals surface area contributed by atoms with Crippen molar-refractivity contribution in [1.29, 1.82) is 0 Å². The third-order valence-electron chi connectivity index (χ3n) is 4.13. The van der Waals surface area contributed by atoms with Gasteiger partial charge in [-0.15, -0.1) is 0 Å². The molecule has 0 aromatic heterocycles. The maximum Gasteiger partial charge on any atom is 0.0933 e. The van der Waals surface area contributed by atoms with E-state index in [-0.39, 0.29) is 11.5 Å². The highest BCUT2D eigenvalue weighted by Crippen LogP contribution is 2.45. The molecular weight excluding hydrogens is 282 g/mol. The lowest BCUT2D eigenvalue weighted by Gasteiger charge is -2.28. The molecule has 1 unspecified atom stereocenters. The fourth-order valence-corrected chi connectivity index (χ4v) is 3.20. The van der Waals surface area contributed by atoms with Crippen molar-refractivity contribution < 1.29 is 4.84 Å². The summed E-state index contributed by atoms with van der Waals surface area (Å²) in [5.74, 6) is 0. The molecule has 3 heteroatoms. The van der Waals surface area contributed by atoms with Gasteiger partial charge in [0.15, 0.2) is 0 Å². The first kappa shape index (κ1) is 14.6. The summed E-state index contributed by atoms with van der Waals surface area (Å²) < 4.78 is 0. The van der Waals surface area contributed by atoms with Gasteiger partial charge in [0.1, 0.15) is 0 Å². The topological polar surface area (TPSA) is 21.3 Å². The summed E-state index contributed by atoms with van der Waals surface area (Å²) in [7, 11) is 0. The Balaban J connectivity index is 1.71. The molecular formula is C18H20ClNO. The van der Waals surface area contributed by atoms with Gasteiger partial charge in [0.2, 0.25) is 0 Å². The number of nitrogens with one attached hydrogen (secondary N) is 1. The molecule has 2 aromatic carbocycles. The molecule has 0 spiro atoms. The third kappa shape index (κ3) is 3.13. The Bertz CT molecular complexity index is 624. The van der Waals surface area contributed by atoms with Crippen LogP contribution in [0.2, 0.25) is 5.02 Å². The minimum atomic E-state index is 0.115. The van der Waals surface area contributed by atoms with Crippen molar-refractivity contribution in [3.63, 3.8) is 0 Å². The summed E-state index contributed by atoms with van der Waals surface area (Å²) in [4.78, 5) is 5.74. The molecule has 0 aliphatic heterocycles. The highest BCUT2D eigenvalue weighted by molar-refractivity contribution is 6.30. The van der Waals surface area contributed by atoms with Gasteiger partial charge in [-0.3, -0.25) is 4.84 Å². The van der Waals surface area contributed by atoms with Gasteiger partial charge in [0, 0.05) is 5.02 Å². The van der Waals surface area contributed by atoms with E-state index in [1.165, 1.54) is 11.1 Å². The molecule has 2 nitrogen and oxygen atoms in total. The summed E-state index contributed by atoms with van der Waals surface area (Å²) >= 11 is 6.14. The summed E-state index contributed by atoms with van der Waals surface area (Å²) in [5, 5.41) is 0.779. The molecule has 1 aliphatic rings. The van der Waals surface area contributed by atoms with Crippen molar-refractivity contribution in [2.24, 2.45) is 5.41 Å². The van der Waals surface area contributed by atoms with E-state index in [1.54, 1.807) is 0 Å². The number of halogens is 1. The lowest BCUT2D eigenvalue weighted by Crippen LogP contribution is -2.31. The maximum absolute atomic E-state index is 6.14. The van der Waals surface area contributed by atoms with E-state index in [2.05, 4.69) is 43.6 Å². The molecule has 110 valence electrons.